The maximum atomic E-state index is 11.0. The van der Waals surface area contributed by atoms with Crippen LogP contribution in [0, 0.1) is 50.2 Å². The smallest absolute Gasteiger partial charge is 0.0793 e. The monoisotopic (exact) mass is 472 g/mol. The van der Waals surface area contributed by atoms with Crippen molar-refractivity contribution in [2.24, 2.45) is 50.2 Å². The summed E-state index contributed by atoms with van der Waals surface area (Å²) in [6.07, 6.45) is 11.2. The number of hydrogen-bond donors (Lipinski definition) is 2. The van der Waals surface area contributed by atoms with E-state index in [2.05, 4.69) is 61.5 Å². The van der Waals surface area contributed by atoms with Gasteiger partial charge in [0.25, 0.3) is 0 Å². The number of aliphatic hydroxyl groups is 2. The second kappa shape index (κ2) is 7.35. The normalized spacial score (nSPS) is 55.8. The summed E-state index contributed by atoms with van der Waals surface area (Å²) >= 11 is 0. The molecule has 4 saturated carbocycles. The van der Waals surface area contributed by atoms with Crippen molar-refractivity contribution in [2.75, 3.05) is 7.11 Å². The van der Waals surface area contributed by atoms with Gasteiger partial charge in [-0.3, -0.25) is 0 Å². The fraction of sp³-hybridized carbons (Fsp3) is 0.935. The van der Waals surface area contributed by atoms with E-state index in [1.165, 1.54) is 25.7 Å². The van der Waals surface area contributed by atoms with Crippen LogP contribution in [0.3, 0.4) is 0 Å². The number of fused-ring (bicyclic) bond motifs is 7. The quantitative estimate of drug-likeness (QED) is 0.414. The average Bonchev–Trinajstić information content (AvgIpc) is 2.73. The molecule has 0 aliphatic heterocycles. The highest BCUT2D eigenvalue weighted by atomic mass is 16.5. The van der Waals surface area contributed by atoms with Crippen LogP contribution >= 0.6 is 0 Å². The Kier molecular flexibility index (Phi) is 5.46. The topological polar surface area (TPSA) is 49.7 Å². The summed E-state index contributed by atoms with van der Waals surface area (Å²) in [7, 11) is 1.93. The number of hydrogen-bond acceptors (Lipinski definition) is 3. The summed E-state index contributed by atoms with van der Waals surface area (Å²) in [5.41, 5.74) is 2.27. The van der Waals surface area contributed by atoms with Gasteiger partial charge in [-0.25, -0.2) is 0 Å². The lowest BCUT2D eigenvalue weighted by molar-refractivity contribution is -0.229. The first-order valence-corrected chi connectivity index (χ1v) is 14.2. The molecule has 0 radical (unpaired) electrons. The standard InChI is InChI=1S/C31H52O3/c1-26(2)17-20-19-16-21(34-9)25-29(6)12-11-23(32)27(3,4)22(29)10-13-31(25,8)30(19,7)15-14-28(20,5)18-24(26)33/h16,20-25,32-33H,10-15,17-18H2,1-9H3. The van der Waals surface area contributed by atoms with Crippen molar-refractivity contribution in [3.8, 4) is 0 Å². The molecule has 2 N–H and O–H groups in total. The number of rotatable bonds is 1. The van der Waals surface area contributed by atoms with E-state index in [1.807, 2.05) is 7.11 Å². The maximum Gasteiger partial charge on any atom is 0.0793 e. The number of methoxy groups -OCH3 is 1. The zero-order valence-corrected chi connectivity index (χ0v) is 23.5. The van der Waals surface area contributed by atoms with Crippen molar-refractivity contribution < 1.29 is 14.9 Å². The Hall–Kier alpha value is -0.380. The molecule has 0 aromatic carbocycles. The van der Waals surface area contributed by atoms with Gasteiger partial charge in [0.2, 0.25) is 0 Å². The minimum absolute atomic E-state index is 0.0449. The predicted molar refractivity (Wildman–Crippen MR) is 138 cm³/mol. The van der Waals surface area contributed by atoms with Crippen LogP contribution in [0.15, 0.2) is 11.6 Å². The molecule has 0 bridgehead atoms. The Labute approximate surface area is 209 Å². The Bertz CT molecular complexity index is 874. The number of allylic oxidation sites excluding steroid dienone is 1. The first-order chi connectivity index (χ1) is 15.6. The molecule has 3 nitrogen and oxygen atoms in total. The first kappa shape index (κ1) is 25.3. The van der Waals surface area contributed by atoms with Crippen LogP contribution < -0.4 is 0 Å². The SMILES string of the molecule is COC1C=C2C3CC(C)(C)C(O)CC3(C)CCC2(C)C2(C)CCC3C(C)(C)C(O)CCC3(C)C12. The summed E-state index contributed by atoms with van der Waals surface area (Å²) in [6, 6.07) is 0. The first-order valence-electron chi connectivity index (χ1n) is 14.2. The molecule has 194 valence electrons. The fourth-order valence-electron chi connectivity index (χ4n) is 10.8. The molecular weight excluding hydrogens is 420 g/mol. The van der Waals surface area contributed by atoms with Crippen LogP contribution in [0.5, 0.6) is 0 Å². The van der Waals surface area contributed by atoms with Gasteiger partial charge in [0.05, 0.1) is 18.3 Å². The van der Waals surface area contributed by atoms with E-state index in [0.29, 0.717) is 17.8 Å². The lowest BCUT2D eigenvalue weighted by Crippen LogP contribution is -2.67. The van der Waals surface area contributed by atoms with Crippen LogP contribution in [0.2, 0.25) is 0 Å². The van der Waals surface area contributed by atoms with Gasteiger partial charge in [0.1, 0.15) is 0 Å². The van der Waals surface area contributed by atoms with Crippen LogP contribution in [-0.2, 0) is 4.74 Å². The Morgan fingerprint density at radius 2 is 1.50 bits per heavy atom. The van der Waals surface area contributed by atoms with E-state index < -0.39 is 0 Å². The minimum Gasteiger partial charge on any atom is -0.393 e. The van der Waals surface area contributed by atoms with Gasteiger partial charge in [-0.05, 0) is 95.7 Å². The van der Waals surface area contributed by atoms with Crippen molar-refractivity contribution in [1.82, 2.24) is 0 Å². The average molecular weight is 473 g/mol. The molecular formula is C31H52O3. The van der Waals surface area contributed by atoms with Crippen LogP contribution in [0.4, 0.5) is 0 Å². The maximum absolute atomic E-state index is 11.0. The highest BCUT2D eigenvalue weighted by molar-refractivity contribution is 5.36. The van der Waals surface area contributed by atoms with Gasteiger partial charge in [0.15, 0.2) is 0 Å². The molecule has 34 heavy (non-hydrogen) atoms. The van der Waals surface area contributed by atoms with Crippen molar-refractivity contribution in [2.45, 2.75) is 125 Å². The highest BCUT2D eigenvalue weighted by Gasteiger charge is 2.70. The molecule has 0 saturated heterocycles. The molecule has 0 spiro atoms. The van der Waals surface area contributed by atoms with Crippen LogP contribution in [0.25, 0.3) is 0 Å². The molecule has 10 atom stereocenters. The molecule has 0 aromatic heterocycles. The van der Waals surface area contributed by atoms with E-state index in [0.717, 1.165) is 25.7 Å². The fourth-order valence-corrected chi connectivity index (χ4v) is 10.8. The van der Waals surface area contributed by atoms with Crippen molar-refractivity contribution >= 4 is 0 Å². The van der Waals surface area contributed by atoms with Crippen molar-refractivity contribution in [1.29, 1.82) is 0 Å². The summed E-state index contributed by atoms with van der Waals surface area (Å²) in [6.45, 7) is 19.4. The third-order valence-electron chi connectivity index (χ3n) is 13.4. The van der Waals surface area contributed by atoms with Gasteiger partial charge in [-0.15, -0.1) is 0 Å². The lowest BCUT2D eigenvalue weighted by atomic mass is 9.33. The molecule has 10 unspecified atom stereocenters. The van der Waals surface area contributed by atoms with Crippen molar-refractivity contribution in [3.05, 3.63) is 11.6 Å². The van der Waals surface area contributed by atoms with E-state index in [1.54, 1.807) is 5.57 Å². The molecule has 5 aliphatic rings. The zero-order chi connectivity index (χ0) is 25.1. The predicted octanol–water partition coefficient (Wildman–Crippen LogP) is 6.76. The largest absolute Gasteiger partial charge is 0.393 e. The molecule has 0 heterocycles. The van der Waals surface area contributed by atoms with Gasteiger partial charge in [-0.1, -0.05) is 67.0 Å². The zero-order valence-electron chi connectivity index (χ0n) is 23.5. The van der Waals surface area contributed by atoms with Gasteiger partial charge in [-0.2, -0.15) is 0 Å². The van der Waals surface area contributed by atoms with E-state index in [4.69, 9.17) is 4.74 Å². The van der Waals surface area contributed by atoms with Crippen LogP contribution in [-0.4, -0.2) is 35.6 Å². The third-order valence-corrected chi connectivity index (χ3v) is 13.4. The summed E-state index contributed by atoms with van der Waals surface area (Å²) < 4.78 is 6.43. The number of ether oxygens (including phenoxy) is 1. The highest BCUT2D eigenvalue weighted by Crippen LogP contribution is 2.75. The number of aliphatic hydroxyl groups excluding tert-OH is 2. The molecule has 5 rings (SSSR count). The summed E-state index contributed by atoms with van der Waals surface area (Å²) in [4.78, 5) is 0. The summed E-state index contributed by atoms with van der Waals surface area (Å²) in [5.74, 6) is 1.52. The van der Waals surface area contributed by atoms with Gasteiger partial charge >= 0.3 is 0 Å². The Morgan fingerprint density at radius 1 is 0.824 bits per heavy atom. The minimum atomic E-state index is -0.214. The van der Waals surface area contributed by atoms with E-state index in [-0.39, 0.29) is 50.8 Å². The Morgan fingerprint density at radius 3 is 2.15 bits per heavy atom. The third kappa shape index (κ3) is 2.99. The molecule has 5 aliphatic carbocycles. The second-order valence-electron chi connectivity index (χ2n) is 15.6. The second-order valence-corrected chi connectivity index (χ2v) is 15.6. The molecule has 0 amide bonds. The lowest BCUT2D eigenvalue weighted by Gasteiger charge is -2.72. The summed E-state index contributed by atoms with van der Waals surface area (Å²) in [5, 5.41) is 22.0. The molecule has 4 fully saturated rings. The van der Waals surface area contributed by atoms with E-state index in [9.17, 15) is 10.2 Å². The van der Waals surface area contributed by atoms with Gasteiger partial charge < -0.3 is 14.9 Å². The van der Waals surface area contributed by atoms with Gasteiger partial charge in [0, 0.05) is 13.0 Å². The van der Waals surface area contributed by atoms with E-state index >= 15 is 0 Å². The molecule has 3 heteroatoms. The van der Waals surface area contributed by atoms with Crippen molar-refractivity contribution in [3.63, 3.8) is 0 Å². The molecule has 0 aromatic rings. The Balaban J connectivity index is 1.64. The van der Waals surface area contributed by atoms with Crippen LogP contribution in [0.1, 0.15) is 107 Å².